The number of hydrogen-bond donors (Lipinski definition) is 1. The Bertz CT molecular complexity index is 627. The largest absolute Gasteiger partial charge is 0.491 e. The summed E-state index contributed by atoms with van der Waals surface area (Å²) in [5, 5.41) is 6.02. The average Bonchev–Trinajstić information content (AvgIpc) is 2.65. The van der Waals surface area contributed by atoms with Crippen LogP contribution in [0.4, 0.5) is 10.5 Å². The Morgan fingerprint density at radius 3 is 2.07 bits per heavy atom. The lowest BCUT2D eigenvalue weighted by molar-refractivity contribution is 0.0106. The number of nitrogens with zero attached hydrogens (tertiary/aromatic N) is 3. The van der Waals surface area contributed by atoms with Crippen LogP contribution >= 0.6 is 0 Å². The van der Waals surface area contributed by atoms with E-state index in [1.807, 2.05) is 20.8 Å². The van der Waals surface area contributed by atoms with Crippen LogP contribution in [0.2, 0.25) is 0 Å². The zero-order valence-electron chi connectivity index (χ0n) is 17.3. The standard InChI is InChI=1S/C19H30N4O6/c1-19(2,3)29-18(24)22-16-4-6-17(7-5-16)28-15-14-27-13-12-26-11-10-25-9-8-21-23-20/h4-7H,8-15H2,1-3H3,(H,22,24). The Balaban J connectivity index is 2.02. The molecule has 1 amide bonds. The van der Waals surface area contributed by atoms with E-state index >= 15 is 0 Å². The first-order chi connectivity index (χ1) is 13.9. The number of nitrogens with one attached hydrogen (secondary N) is 1. The molecule has 0 saturated heterocycles. The van der Waals surface area contributed by atoms with Crippen molar-refractivity contribution in [1.82, 2.24) is 0 Å². The Labute approximate surface area is 171 Å². The zero-order chi connectivity index (χ0) is 21.4. The molecule has 162 valence electrons. The van der Waals surface area contributed by atoms with Crippen LogP contribution in [0.25, 0.3) is 10.4 Å². The van der Waals surface area contributed by atoms with Gasteiger partial charge in [-0.1, -0.05) is 5.11 Å². The van der Waals surface area contributed by atoms with E-state index in [0.717, 1.165) is 0 Å². The molecular weight excluding hydrogens is 380 g/mol. The van der Waals surface area contributed by atoms with E-state index in [0.29, 0.717) is 64.2 Å². The van der Waals surface area contributed by atoms with Crippen molar-refractivity contribution in [2.24, 2.45) is 5.11 Å². The van der Waals surface area contributed by atoms with E-state index in [1.165, 1.54) is 0 Å². The molecule has 10 nitrogen and oxygen atoms in total. The maximum atomic E-state index is 11.7. The molecule has 0 aliphatic heterocycles. The summed E-state index contributed by atoms with van der Waals surface area (Å²) in [6, 6.07) is 7.00. The van der Waals surface area contributed by atoms with Crippen molar-refractivity contribution >= 4 is 11.8 Å². The summed E-state index contributed by atoms with van der Waals surface area (Å²) in [6.07, 6.45) is -0.499. The summed E-state index contributed by atoms with van der Waals surface area (Å²) < 4.78 is 26.7. The monoisotopic (exact) mass is 410 g/mol. The number of carbonyl (C=O) groups is 1. The third kappa shape index (κ3) is 14.2. The zero-order valence-corrected chi connectivity index (χ0v) is 17.3. The van der Waals surface area contributed by atoms with E-state index in [4.69, 9.17) is 29.2 Å². The minimum atomic E-state index is -0.542. The SMILES string of the molecule is CC(C)(C)OC(=O)Nc1ccc(OCCOCCOCCOCCN=[N+]=[N-])cc1. The number of ether oxygens (including phenoxy) is 5. The molecule has 10 heteroatoms. The molecule has 1 N–H and O–H groups in total. The molecule has 0 saturated carbocycles. The second-order valence-corrected chi connectivity index (χ2v) is 6.79. The highest BCUT2D eigenvalue weighted by molar-refractivity contribution is 5.84. The number of hydrogen-bond acceptors (Lipinski definition) is 7. The summed E-state index contributed by atoms with van der Waals surface area (Å²) in [4.78, 5) is 14.3. The lowest BCUT2D eigenvalue weighted by Gasteiger charge is -2.19. The number of rotatable bonds is 14. The molecular formula is C19H30N4O6. The van der Waals surface area contributed by atoms with Crippen molar-refractivity contribution in [3.05, 3.63) is 34.7 Å². The molecule has 1 rings (SSSR count). The van der Waals surface area contributed by atoms with Gasteiger partial charge in [0.2, 0.25) is 0 Å². The van der Waals surface area contributed by atoms with Crippen molar-refractivity contribution in [3.63, 3.8) is 0 Å². The molecule has 0 atom stereocenters. The maximum absolute atomic E-state index is 11.7. The van der Waals surface area contributed by atoms with E-state index in [1.54, 1.807) is 24.3 Å². The first kappa shape index (κ1) is 24.5. The minimum Gasteiger partial charge on any atom is -0.491 e. The highest BCUT2D eigenvalue weighted by Crippen LogP contribution is 2.17. The number of amides is 1. The van der Waals surface area contributed by atoms with Crippen molar-refractivity contribution in [2.75, 3.05) is 58.1 Å². The van der Waals surface area contributed by atoms with Gasteiger partial charge in [-0.15, -0.1) is 0 Å². The molecule has 0 aliphatic carbocycles. The van der Waals surface area contributed by atoms with Gasteiger partial charge in [0.05, 0.1) is 39.6 Å². The molecule has 1 aromatic rings. The molecule has 0 unspecified atom stereocenters. The minimum absolute atomic E-state index is 0.322. The predicted molar refractivity (Wildman–Crippen MR) is 108 cm³/mol. The van der Waals surface area contributed by atoms with Gasteiger partial charge in [0.25, 0.3) is 0 Å². The molecule has 29 heavy (non-hydrogen) atoms. The van der Waals surface area contributed by atoms with Crippen molar-refractivity contribution < 1.29 is 28.5 Å². The topological polar surface area (TPSA) is 124 Å². The van der Waals surface area contributed by atoms with Gasteiger partial charge in [-0.2, -0.15) is 0 Å². The third-order valence-electron chi connectivity index (χ3n) is 3.14. The van der Waals surface area contributed by atoms with Gasteiger partial charge in [-0.25, -0.2) is 4.79 Å². The molecule has 0 spiro atoms. The number of carbonyl (C=O) groups excluding carboxylic acids is 1. The van der Waals surface area contributed by atoms with Gasteiger partial charge in [-0.3, -0.25) is 5.32 Å². The summed E-state index contributed by atoms with van der Waals surface area (Å²) in [6.45, 7) is 8.80. The van der Waals surface area contributed by atoms with Crippen LogP contribution < -0.4 is 10.1 Å². The molecule has 0 aromatic heterocycles. The molecule has 0 bridgehead atoms. The Morgan fingerprint density at radius 1 is 0.966 bits per heavy atom. The first-order valence-corrected chi connectivity index (χ1v) is 9.37. The molecule has 1 aromatic carbocycles. The normalized spacial score (nSPS) is 10.9. The van der Waals surface area contributed by atoms with Crippen LogP contribution in [-0.2, 0) is 18.9 Å². The van der Waals surface area contributed by atoms with Crippen molar-refractivity contribution in [2.45, 2.75) is 26.4 Å². The highest BCUT2D eigenvalue weighted by Gasteiger charge is 2.16. The lowest BCUT2D eigenvalue weighted by Crippen LogP contribution is -2.27. The molecule has 0 aliphatic rings. The lowest BCUT2D eigenvalue weighted by atomic mass is 10.2. The average molecular weight is 410 g/mol. The van der Waals surface area contributed by atoms with Crippen LogP contribution in [0.15, 0.2) is 29.4 Å². The second kappa shape index (κ2) is 14.5. The van der Waals surface area contributed by atoms with Gasteiger partial charge < -0.3 is 23.7 Å². The quantitative estimate of drug-likeness (QED) is 0.215. The summed E-state index contributed by atoms with van der Waals surface area (Å²) >= 11 is 0. The summed E-state index contributed by atoms with van der Waals surface area (Å²) in [7, 11) is 0. The highest BCUT2D eigenvalue weighted by atomic mass is 16.6. The van der Waals surface area contributed by atoms with E-state index < -0.39 is 11.7 Å². The van der Waals surface area contributed by atoms with E-state index in [9.17, 15) is 4.79 Å². The fourth-order valence-corrected chi connectivity index (χ4v) is 1.97. The number of anilines is 1. The summed E-state index contributed by atoms with van der Waals surface area (Å²) in [5.41, 5.74) is 8.19. The number of benzene rings is 1. The fraction of sp³-hybridized carbons (Fsp3) is 0.632. The fourth-order valence-electron chi connectivity index (χ4n) is 1.97. The van der Waals surface area contributed by atoms with Gasteiger partial charge in [0.1, 0.15) is 18.0 Å². The van der Waals surface area contributed by atoms with Crippen molar-refractivity contribution in [3.8, 4) is 5.75 Å². The third-order valence-corrected chi connectivity index (χ3v) is 3.14. The maximum Gasteiger partial charge on any atom is 0.412 e. The molecule has 0 heterocycles. The Kier molecular flexibility index (Phi) is 12.2. The van der Waals surface area contributed by atoms with Crippen LogP contribution in [0.5, 0.6) is 5.75 Å². The summed E-state index contributed by atoms with van der Waals surface area (Å²) in [5.74, 6) is 0.678. The number of azide groups is 1. The van der Waals surface area contributed by atoms with Gasteiger partial charge in [0, 0.05) is 17.1 Å². The smallest absolute Gasteiger partial charge is 0.412 e. The van der Waals surface area contributed by atoms with Crippen LogP contribution in [-0.4, -0.2) is 64.5 Å². The Morgan fingerprint density at radius 2 is 1.52 bits per heavy atom. The van der Waals surface area contributed by atoms with Crippen molar-refractivity contribution in [1.29, 1.82) is 0 Å². The van der Waals surface area contributed by atoms with E-state index in [-0.39, 0.29) is 0 Å². The Hall–Kier alpha value is -2.52. The molecule has 0 radical (unpaired) electrons. The van der Waals surface area contributed by atoms with Crippen LogP contribution in [0.3, 0.4) is 0 Å². The van der Waals surface area contributed by atoms with Crippen LogP contribution in [0, 0.1) is 0 Å². The first-order valence-electron chi connectivity index (χ1n) is 9.37. The second-order valence-electron chi connectivity index (χ2n) is 6.79. The van der Waals surface area contributed by atoms with Gasteiger partial charge in [-0.05, 0) is 50.6 Å². The molecule has 0 fully saturated rings. The van der Waals surface area contributed by atoms with E-state index in [2.05, 4.69) is 15.3 Å². The predicted octanol–water partition coefficient (Wildman–Crippen LogP) is 3.77. The van der Waals surface area contributed by atoms with Crippen LogP contribution in [0.1, 0.15) is 20.8 Å². The van der Waals surface area contributed by atoms with Gasteiger partial charge in [0.15, 0.2) is 0 Å². The van der Waals surface area contributed by atoms with Gasteiger partial charge >= 0.3 is 6.09 Å².